The van der Waals surface area contributed by atoms with Crippen molar-refractivity contribution in [1.29, 1.82) is 0 Å². The van der Waals surface area contributed by atoms with E-state index in [-0.39, 0.29) is 0 Å². The first-order valence-electron chi connectivity index (χ1n) is 9.47. The van der Waals surface area contributed by atoms with Crippen LogP contribution in [0.15, 0.2) is 30.7 Å². The number of pyridine rings is 2. The van der Waals surface area contributed by atoms with E-state index in [4.69, 9.17) is 4.98 Å². The summed E-state index contributed by atoms with van der Waals surface area (Å²) in [6.07, 6.45) is 12.1. The summed E-state index contributed by atoms with van der Waals surface area (Å²) in [5.74, 6) is 0.825. The minimum absolute atomic E-state index is 0.585. The molecule has 0 aromatic carbocycles. The second kappa shape index (κ2) is 6.20. The number of hydrogen-bond acceptors (Lipinski definition) is 6. The summed E-state index contributed by atoms with van der Waals surface area (Å²) in [5.41, 5.74) is 3.80. The quantitative estimate of drug-likeness (QED) is 0.721. The molecule has 1 saturated heterocycles. The summed E-state index contributed by atoms with van der Waals surface area (Å²) >= 11 is 1.75. The topological polar surface area (TPSA) is 53.9 Å². The van der Waals surface area contributed by atoms with Crippen LogP contribution in [0.4, 0.5) is 17.2 Å². The number of rotatable bonds is 4. The van der Waals surface area contributed by atoms with E-state index in [1.54, 1.807) is 11.3 Å². The fraction of sp³-hybridized carbons (Fsp3) is 0.450. The molecule has 1 spiro atoms. The molecule has 3 aromatic heterocycles. The third kappa shape index (κ3) is 2.82. The van der Waals surface area contributed by atoms with Gasteiger partial charge in [-0.1, -0.05) is 6.92 Å². The van der Waals surface area contributed by atoms with Gasteiger partial charge < -0.3 is 10.2 Å². The molecule has 3 aromatic rings. The number of aryl methyl sites for hydroxylation is 1. The van der Waals surface area contributed by atoms with Gasteiger partial charge in [-0.05, 0) is 49.7 Å². The van der Waals surface area contributed by atoms with Gasteiger partial charge in [0.2, 0.25) is 0 Å². The number of fused-ring (bicyclic) bond motifs is 1. The Balaban J connectivity index is 1.49. The minimum Gasteiger partial charge on any atom is -0.369 e. The maximum absolute atomic E-state index is 4.76. The van der Waals surface area contributed by atoms with Crippen LogP contribution in [-0.4, -0.2) is 28.0 Å². The van der Waals surface area contributed by atoms with Crippen molar-refractivity contribution in [1.82, 2.24) is 15.0 Å². The summed E-state index contributed by atoms with van der Waals surface area (Å²) in [6.45, 7) is 4.43. The molecule has 4 heterocycles. The van der Waals surface area contributed by atoms with Crippen molar-refractivity contribution in [3.05, 3.63) is 35.7 Å². The van der Waals surface area contributed by atoms with Gasteiger partial charge >= 0.3 is 0 Å². The zero-order valence-electron chi connectivity index (χ0n) is 15.0. The lowest BCUT2D eigenvalue weighted by molar-refractivity contribution is 0.395. The number of thiazole rings is 1. The van der Waals surface area contributed by atoms with Crippen molar-refractivity contribution in [3.8, 4) is 0 Å². The summed E-state index contributed by atoms with van der Waals surface area (Å²) in [4.78, 5) is 16.2. The average molecular weight is 366 g/mol. The predicted molar refractivity (Wildman–Crippen MR) is 107 cm³/mol. The van der Waals surface area contributed by atoms with Crippen LogP contribution in [0.2, 0.25) is 0 Å². The number of hydrogen-bond donors (Lipinski definition) is 1. The van der Waals surface area contributed by atoms with E-state index in [0.717, 1.165) is 35.0 Å². The van der Waals surface area contributed by atoms with Gasteiger partial charge in [-0.25, -0.2) is 9.97 Å². The van der Waals surface area contributed by atoms with Gasteiger partial charge in [0.15, 0.2) is 5.82 Å². The molecule has 5 rings (SSSR count). The molecule has 0 radical (unpaired) electrons. The van der Waals surface area contributed by atoms with Crippen LogP contribution in [0, 0.1) is 5.41 Å². The highest BCUT2D eigenvalue weighted by atomic mass is 32.1. The fourth-order valence-corrected chi connectivity index (χ4v) is 4.93. The molecule has 0 amide bonds. The maximum atomic E-state index is 4.76. The van der Waals surface area contributed by atoms with E-state index in [1.165, 1.54) is 42.6 Å². The van der Waals surface area contributed by atoms with Gasteiger partial charge in [0.1, 0.15) is 5.52 Å². The SMILES string of the molecule is CCc1nc2c(Nc3cnccc3N3CCCC4(CC4)C3)nccc2s1. The normalized spacial score (nSPS) is 18.4. The third-order valence-electron chi connectivity index (χ3n) is 5.66. The Labute approximate surface area is 157 Å². The Hall–Kier alpha value is -2.21. The Morgan fingerprint density at radius 2 is 2.15 bits per heavy atom. The molecular weight excluding hydrogens is 342 g/mol. The molecule has 2 aliphatic rings. The van der Waals surface area contributed by atoms with Crippen LogP contribution in [0.5, 0.6) is 0 Å². The van der Waals surface area contributed by atoms with Crippen molar-refractivity contribution in [3.63, 3.8) is 0 Å². The van der Waals surface area contributed by atoms with Gasteiger partial charge in [0, 0.05) is 25.5 Å². The second-order valence-corrected chi connectivity index (χ2v) is 8.63. The molecule has 0 bridgehead atoms. The van der Waals surface area contributed by atoms with Crippen LogP contribution < -0.4 is 10.2 Å². The number of anilines is 3. The van der Waals surface area contributed by atoms with Crippen LogP contribution in [0.25, 0.3) is 10.2 Å². The molecule has 1 N–H and O–H groups in total. The van der Waals surface area contributed by atoms with Crippen molar-refractivity contribution in [2.24, 2.45) is 5.41 Å². The van der Waals surface area contributed by atoms with E-state index in [2.05, 4.69) is 33.2 Å². The van der Waals surface area contributed by atoms with Crippen molar-refractivity contribution in [2.75, 3.05) is 23.3 Å². The molecule has 1 saturated carbocycles. The zero-order chi connectivity index (χ0) is 17.6. The smallest absolute Gasteiger partial charge is 0.157 e. The lowest BCUT2D eigenvalue weighted by Gasteiger charge is -2.35. The highest BCUT2D eigenvalue weighted by Crippen LogP contribution is 2.53. The lowest BCUT2D eigenvalue weighted by Crippen LogP contribution is -2.36. The van der Waals surface area contributed by atoms with Gasteiger partial charge in [0.25, 0.3) is 0 Å². The molecule has 1 aliphatic carbocycles. The first-order valence-corrected chi connectivity index (χ1v) is 10.3. The highest BCUT2D eigenvalue weighted by molar-refractivity contribution is 7.18. The maximum Gasteiger partial charge on any atom is 0.157 e. The fourth-order valence-electron chi connectivity index (χ4n) is 4.03. The number of nitrogens with one attached hydrogen (secondary N) is 1. The Morgan fingerprint density at radius 3 is 3.00 bits per heavy atom. The van der Waals surface area contributed by atoms with Crippen LogP contribution in [-0.2, 0) is 6.42 Å². The van der Waals surface area contributed by atoms with Crippen molar-refractivity contribution >= 4 is 38.7 Å². The molecule has 5 nitrogen and oxygen atoms in total. The molecule has 1 aliphatic heterocycles. The number of nitrogens with zero attached hydrogens (tertiary/aromatic N) is 4. The average Bonchev–Trinajstić information content (AvgIpc) is 3.26. The van der Waals surface area contributed by atoms with Crippen LogP contribution >= 0.6 is 11.3 Å². The van der Waals surface area contributed by atoms with Crippen LogP contribution in [0.1, 0.15) is 37.6 Å². The van der Waals surface area contributed by atoms with Gasteiger partial charge in [-0.15, -0.1) is 11.3 Å². The third-order valence-corrected chi connectivity index (χ3v) is 6.83. The summed E-state index contributed by atoms with van der Waals surface area (Å²) in [7, 11) is 0. The van der Waals surface area contributed by atoms with Crippen LogP contribution in [0.3, 0.4) is 0 Å². The van der Waals surface area contributed by atoms with Crippen molar-refractivity contribution in [2.45, 2.75) is 39.0 Å². The first-order chi connectivity index (χ1) is 12.8. The highest BCUT2D eigenvalue weighted by Gasteiger charge is 2.45. The second-order valence-electron chi connectivity index (χ2n) is 7.51. The van der Waals surface area contributed by atoms with E-state index in [0.29, 0.717) is 5.41 Å². The number of piperidine rings is 1. The Kier molecular flexibility index (Phi) is 3.81. The van der Waals surface area contributed by atoms with Gasteiger partial charge in [-0.3, -0.25) is 4.98 Å². The molecule has 6 heteroatoms. The molecule has 0 atom stereocenters. The van der Waals surface area contributed by atoms with E-state index >= 15 is 0 Å². The van der Waals surface area contributed by atoms with Gasteiger partial charge in [-0.2, -0.15) is 0 Å². The molecule has 26 heavy (non-hydrogen) atoms. The predicted octanol–water partition coefficient (Wildman–Crippen LogP) is 4.77. The Morgan fingerprint density at radius 1 is 1.23 bits per heavy atom. The van der Waals surface area contributed by atoms with Gasteiger partial charge in [0.05, 0.1) is 27.3 Å². The number of aromatic nitrogens is 3. The zero-order valence-corrected chi connectivity index (χ0v) is 15.9. The summed E-state index contributed by atoms with van der Waals surface area (Å²) in [5, 5.41) is 4.67. The molecule has 134 valence electrons. The summed E-state index contributed by atoms with van der Waals surface area (Å²) in [6, 6.07) is 4.17. The first kappa shape index (κ1) is 16.0. The monoisotopic (exact) mass is 365 g/mol. The molecular formula is C20H23N5S. The minimum atomic E-state index is 0.585. The molecule has 2 fully saturated rings. The standard InChI is InChI=1S/C20H23N5S/c1-2-17-24-18-16(26-17)5-10-22-19(18)23-14-12-21-9-4-15(14)25-11-3-6-20(13-25)7-8-20/h4-5,9-10,12H,2-3,6-8,11,13H2,1H3,(H,22,23). The van der Waals surface area contributed by atoms with E-state index in [1.807, 2.05) is 24.7 Å². The Bertz CT molecular complexity index is 946. The van der Waals surface area contributed by atoms with E-state index in [9.17, 15) is 0 Å². The lowest BCUT2D eigenvalue weighted by atomic mass is 9.94. The van der Waals surface area contributed by atoms with Crippen molar-refractivity contribution < 1.29 is 0 Å². The summed E-state index contributed by atoms with van der Waals surface area (Å²) < 4.78 is 1.18. The molecule has 0 unspecified atom stereocenters. The largest absolute Gasteiger partial charge is 0.369 e. The van der Waals surface area contributed by atoms with E-state index < -0.39 is 0 Å².